The maximum absolute atomic E-state index is 2.55. The van der Waals surface area contributed by atoms with E-state index in [4.69, 9.17) is 0 Å². The van der Waals surface area contributed by atoms with Crippen molar-refractivity contribution in [2.24, 2.45) is 0 Å². The Labute approximate surface area is 385 Å². The van der Waals surface area contributed by atoms with E-state index >= 15 is 0 Å². The highest BCUT2D eigenvalue weighted by Gasteiger charge is 2.52. The quantitative estimate of drug-likeness (QED) is 0.168. The number of rotatable bonds is 5. The molecule has 3 aliphatic carbocycles. The fourth-order valence-corrected chi connectivity index (χ4v) is 12.5. The van der Waals surface area contributed by atoms with Gasteiger partial charge in [0.05, 0.1) is 27.8 Å². The van der Waals surface area contributed by atoms with Crippen LogP contribution in [0.15, 0.2) is 231 Å². The average Bonchev–Trinajstić information content (AvgIpc) is 4.05. The van der Waals surface area contributed by atoms with Gasteiger partial charge in [0.25, 0.3) is 0 Å². The third kappa shape index (κ3) is 4.85. The minimum atomic E-state index is -0.433. The van der Waals surface area contributed by atoms with Gasteiger partial charge in [0.15, 0.2) is 0 Å². The summed E-state index contributed by atoms with van der Waals surface area (Å²) in [4.78, 5) is 2.50. The summed E-state index contributed by atoms with van der Waals surface area (Å²) >= 11 is 0. The van der Waals surface area contributed by atoms with Crippen LogP contribution in [0.25, 0.3) is 72.0 Å². The Balaban J connectivity index is 1.04. The van der Waals surface area contributed by atoms with Crippen LogP contribution >= 0.6 is 0 Å². The van der Waals surface area contributed by atoms with Gasteiger partial charge in [-0.25, -0.2) is 0 Å². The van der Waals surface area contributed by atoms with E-state index in [1.165, 1.54) is 105 Å². The second kappa shape index (κ2) is 13.7. The van der Waals surface area contributed by atoms with E-state index < -0.39 is 5.41 Å². The van der Waals surface area contributed by atoms with E-state index in [9.17, 15) is 0 Å². The standard InChI is InChI=1S/C64H44N2/c1-63(2)52-27-12-6-22-45(52)48-37-35-42(39-57(48)63)65(58-32-16-10-21-44(58)41-19-4-3-5-20-41)43-36-38-50-49-25-11-17-33-59(49)66(61(50)40-43)60-34-18-31-56-62(60)51-26-9-15-30-55(51)64(56)53-28-13-7-23-46(53)47-24-8-14-29-54(47)64/h3-40H,1-2H3. The van der Waals surface area contributed by atoms with Crippen LogP contribution in [0, 0.1) is 0 Å². The molecule has 2 heteroatoms. The molecule has 0 fully saturated rings. The molecule has 1 aromatic heterocycles. The molecule has 2 nitrogen and oxygen atoms in total. The van der Waals surface area contributed by atoms with E-state index in [1.807, 2.05) is 0 Å². The highest BCUT2D eigenvalue weighted by molar-refractivity contribution is 6.12. The minimum Gasteiger partial charge on any atom is -0.310 e. The Bertz CT molecular complexity index is 3760. The molecule has 0 radical (unpaired) electrons. The Morgan fingerprint density at radius 3 is 1.61 bits per heavy atom. The van der Waals surface area contributed by atoms with E-state index in [0.29, 0.717) is 0 Å². The molecule has 66 heavy (non-hydrogen) atoms. The average molecular weight is 841 g/mol. The van der Waals surface area contributed by atoms with Gasteiger partial charge in [-0.2, -0.15) is 0 Å². The van der Waals surface area contributed by atoms with Crippen molar-refractivity contribution in [3.8, 4) is 50.2 Å². The summed E-state index contributed by atoms with van der Waals surface area (Å²) in [5.41, 5.74) is 24.7. The number of anilines is 3. The predicted molar refractivity (Wildman–Crippen MR) is 275 cm³/mol. The molecule has 10 aromatic carbocycles. The summed E-state index contributed by atoms with van der Waals surface area (Å²) in [6, 6.07) is 86.2. The fraction of sp³-hybridized carbons (Fsp3) is 0.0625. The number of benzene rings is 10. The molecular weight excluding hydrogens is 797 g/mol. The van der Waals surface area contributed by atoms with Crippen molar-refractivity contribution < 1.29 is 0 Å². The summed E-state index contributed by atoms with van der Waals surface area (Å²) < 4.78 is 2.55. The highest BCUT2D eigenvalue weighted by Crippen LogP contribution is 2.64. The van der Waals surface area contributed by atoms with E-state index in [0.717, 1.165) is 17.1 Å². The molecule has 0 atom stereocenters. The lowest BCUT2D eigenvalue weighted by Gasteiger charge is -2.30. The van der Waals surface area contributed by atoms with Gasteiger partial charge in [0, 0.05) is 38.7 Å². The van der Waals surface area contributed by atoms with Crippen LogP contribution in [0.5, 0.6) is 0 Å². The number of hydrogen-bond acceptors (Lipinski definition) is 1. The van der Waals surface area contributed by atoms with Crippen LogP contribution in [-0.2, 0) is 10.8 Å². The van der Waals surface area contributed by atoms with Crippen molar-refractivity contribution in [1.29, 1.82) is 0 Å². The monoisotopic (exact) mass is 840 g/mol. The van der Waals surface area contributed by atoms with Gasteiger partial charge in [0.2, 0.25) is 0 Å². The van der Waals surface area contributed by atoms with Gasteiger partial charge in [-0.3, -0.25) is 0 Å². The normalized spacial score (nSPS) is 14.2. The van der Waals surface area contributed by atoms with Gasteiger partial charge >= 0.3 is 0 Å². The van der Waals surface area contributed by atoms with Gasteiger partial charge in [0.1, 0.15) is 0 Å². The third-order valence-corrected chi connectivity index (χ3v) is 15.2. The number of fused-ring (bicyclic) bond motifs is 16. The molecule has 0 saturated carbocycles. The van der Waals surface area contributed by atoms with Crippen LogP contribution < -0.4 is 4.90 Å². The lowest BCUT2D eigenvalue weighted by molar-refractivity contribution is 0.660. The van der Waals surface area contributed by atoms with Crippen LogP contribution in [0.3, 0.4) is 0 Å². The van der Waals surface area contributed by atoms with Crippen molar-refractivity contribution in [3.63, 3.8) is 0 Å². The van der Waals surface area contributed by atoms with Crippen molar-refractivity contribution in [2.75, 3.05) is 4.90 Å². The molecule has 3 aliphatic rings. The Morgan fingerprint density at radius 2 is 0.864 bits per heavy atom. The first-order valence-corrected chi connectivity index (χ1v) is 23.2. The maximum atomic E-state index is 2.55. The van der Waals surface area contributed by atoms with Gasteiger partial charge in [-0.05, 0) is 109 Å². The first kappa shape index (κ1) is 37.2. The number of nitrogens with zero attached hydrogens (tertiary/aromatic N) is 2. The SMILES string of the molecule is CC1(C)c2ccccc2-c2ccc(N(c3ccc4c5ccccc5n(-c5cccc6c5-c5ccccc5C65c6ccccc6-c6ccccc65)c4c3)c3ccccc3-c3ccccc3)cc21. The topological polar surface area (TPSA) is 8.17 Å². The Morgan fingerprint density at radius 1 is 0.348 bits per heavy atom. The number of para-hydroxylation sites is 2. The van der Waals surface area contributed by atoms with Gasteiger partial charge in [-0.1, -0.05) is 202 Å². The summed E-state index contributed by atoms with van der Waals surface area (Å²) in [6.45, 7) is 4.75. The van der Waals surface area contributed by atoms with Crippen molar-refractivity contribution >= 4 is 38.9 Å². The minimum absolute atomic E-state index is 0.148. The predicted octanol–water partition coefficient (Wildman–Crippen LogP) is 16.6. The molecule has 11 aromatic rings. The van der Waals surface area contributed by atoms with Crippen molar-refractivity contribution in [1.82, 2.24) is 4.57 Å². The van der Waals surface area contributed by atoms with Crippen LogP contribution in [0.1, 0.15) is 47.2 Å². The first-order valence-electron chi connectivity index (χ1n) is 23.2. The zero-order valence-corrected chi connectivity index (χ0v) is 36.8. The fourth-order valence-electron chi connectivity index (χ4n) is 12.5. The zero-order chi connectivity index (χ0) is 43.7. The lowest BCUT2D eigenvalue weighted by Crippen LogP contribution is -2.25. The summed E-state index contributed by atoms with van der Waals surface area (Å²) in [5.74, 6) is 0. The van der Waals surface area contributed by atoms with Crippen LogP contribution in [0.4, 0.5) is 17.1 Å². The zero-order valence-electron chi connectivity index (χ0n) is 36.8. The highest BCUT2D eigenvalue weighted by atomic mass is 15.1. The van der Waals surface area contributed by atoms with E-state index in [2.05, 4.69) is 254 Å². The molecule has 14 rings (SSSR count). The number of aromatic nitrogens is 1. The Kier molecular flexibility index (Phi) is 7.70. The molecule has 1 heterocycles. The summed E-state index contributed by atoms with van der Waals surface area (Å²) in [7, 11) is 0. The second-order valence-corrected chi connectivity index (χ2v) is 18.8. The maximum Gasteiger partial charge on any atom is 0.0726 e. The molecule has 310 valence electrons. The molecule has 0 bridgehead atoms. The van der Waals surface area contributed by atoms with Crippen molar-refractivity contribution in [2.45, 2.75) is 24.7 Å². The van der Waals surface area contributed by atoms with E-state index in [1.54, 1.807) is 0 Å². The molecular formula is C64H44N2. The Hall–Kier alpha value is -8.20. The van der Waals surface area contributed by atoms with Crippen LogP contribution in [-0.4, -0.2) is 4.57 Å². The molecule has 0 amide bonds. The smallest absolute Gasteiger partial charge is 0.0726 e. The molecule has 1 spiro atoms. The first-order chi connectivity index (χ1) is 32.5. The molecule has 0 N–H and O–H groups in total. The van der Waals surface area contributed by atoms with E-state index in [-0.39, 0.29) is 5.41 Å². The molecule has 0 saturated heterocycles. The summed E-state index contributed by atoms with van der Waals surface area (Å²) in [6.07, 6.45) is 0. The number of hydrogen-bond donors (Lipinski definition) is 0. The molecule has 0 unspecified atom stereocenters. The lowest BCUT2D eigenvalue weighted by atomic mass is 9.70. The third-order valence-electron chi connectivity index (χ3n) is 15.2. The summed E-state index contributed by atoms with van der Waals surface area (Å²) in [5, 5.41) is 2.47. The second-order valence-electron chi connectivity index (χ2n) is 18.8. The van der Waals surface area contributed by atoms with Gasteiger partial charge < -0.3 is 9.47 Å². The largest absolute Gasteiger partial charge is 0.310 e. The molecule has 0 aliphatic heterocycles. The van der Waals surface area contributed by atoms with Gasteiger partial charge in [-0.15, -0.1) is 0 Å². The van der Waals surface area contributed by atoms with Crippen LogP contribution in [0.2, 0.25) is 0 Å². The van der Waals surface area contributed by atoms with Crippen molar-refractivity contribution in [3.05, 3.63) is 264 Å².